The summed E-state index contributed by atoms with van der Waals surface area (Å²) in [7, 11) is 0. The highest BCUT2D eigenvalue weighted by molar-refractivity contribution is 8.00. The van der Waals surface area contributed by atoms with Crippen molar-refractivity contribution in [1.82, 2.24) is 10.2 Å². The zero-order valence-corrected chi connectivity index (χ0v) is 14.9. The smallest absolute Gasteiger partial charge is 0.352 e. The number of β-lactam (4-membered cyclic amide) rings is 1. The molecular formula is C17H15FN2O6S. The fourth-order valence-electron chi connectivity index (χ4n) is 2.84. The van der Waals surface area contributed by atoms with Crippen LogP contribution >= 0.6 is 11.8 Å². The maximum Gasteiger partial charge on any atom is 0.352 e. The lowest BCUT2D eigenvalue weighted by Crippen LogP contribution is -2.70. The molecule has 3 rings (SSSR count). The molecule has 27 heavy (non-hydrogen) atoms. The average Bonchev–Trinajstić information content (AvgIpc) is 2.63. The van der Waals surface area contributed by atoms with E-state index < -0.39 is 41.0 Å². The topological polar surface area (TPSA) is 113 Å². The van der Waals surface area contributed by atoms with Crippen molar-refractivity contribution >= 4 is 35.5 Å². The number of benzene rings is 1. The van der Waals surface area contributed by atoms with Crippen molar-refractivity contribution in [2.45, 2.75) is 18.3 Å². The standard InChI is InChI=1S/C17H15FN2O6S/c1-8(21)26-6-10-7-27-16-12(15(23)20(16)13(10)17(24)25)19-14(22)9-3-2-4-11(18)5-9/h2-5,12,16H,6-7H2,1H3,(H,19,22)(H,24,25)/t12-,16+/m0/s1. The van der Waals surface area contributed by atoms with Gasteiger partial charge in [-0.1, -0.05) is 6.07 Å². The number of amides is 2. The average molecular weight is 394 g/mol. The second kappa shape index (κ2) is 7.39. The summed E-state index contributed by atoms with van der Waals surface area (Å²) >= 11 is 1.25. The first-order valence-electron chi connectivity index (χ1n) is 7.89. The van der Waals surface area contributed by atoms with Gasteiger partial charge in [-0.25, -0.2) is 9.18 Å². The van der Waals surface area contributed by atoms with Gasteiger partial charge in [-0.3, -0.25) is 19.3 Å². The number of thioether (sulfide) groups is 1. The van der Waals surface area contributed by atoms with E-state index in [4.69, 9.17) is 4.74 Å². The number of hydrogen-bond donors (Lipinski definition) is 2. The molecular weight excluding hydrogens is 379 g/mol. The number of ether oxygens (including phenoxy) is 1. The molecule has 0 radical (unpaired) electrons. The third kappa shape index (κ3) is 3.65. The van der Waals surface area contributed by atoms with Gasteiger partial charge in [0.05, 0.1) is 0 Å². The molecule has 0 spiro atoms. The summed E-state index contributed by atoms with van der Waals surface area (Å²) in [4.78, 5) is 48.3. The van der Waals surface area contributed by atoms with Crippen molar-refractivity contribution in [3.8, 4) is 0 Å². The predicted octanol–water partition coefficient (Wildman–Crippen LogP) is 0.741. The number of carbonyl (C=O) groups is 4. The first kappa shape index (κ1) is 18.9. The highest BCUT2D eigenvalue weighted by Gasteiger charge is 2.54. The van der Waals surface area contributed by atoms with Gasteiger partial charge in [0.2, 0.25) is 0 Å². The van der Waals surface area contributed by atoms with Crippen LogP contribution in [-0.4, -0.2) is 57.5 Å². The summed E-state index contributed by atoms with van der Waals surface area (Å²) < 4.78 is 18.1. The molecule has 8 nitrogen and oxygen atoms in total. The summed E-state index contributed by atoms with van der Waals surface area (Å²) in [6.45, 7) is 0.979. The van der Waals surface area contributed by atoms with Gasteiger partial charge < -0.3 is 15.2 Å². The van der Waals surface area contributed by atoms with Crippen LogP contribution in [0.15, 0.2) is 35.5 Å². The highest BCUT2D eigenvalue weighted by Crippen LogP contribution is 2.40. The number of aliphatic carboxylic acids is 1. The van der Waals surface area contributed by atoms with Gasteiger partial charge in [0.1, 0.15) is 29.5 Å². The minimum Gasteiger partial charge on any atom is -0.477 e. The molecule has 2 heterocycles. The SMILES string of the molecule is CC(=O)OCC1=C(C(=O)O)N2C(=O)[C@H](NC(=O)c3cccc(F)c3)[C@H]2SC1. The van der Waals surface area contributed by atoms with E-state index in [0.717, 1.165) is 11.0 Å². The Morgan fingerprint density at radius 2 is 2.15 bits per heavy atom. The number of hydrogen-bond acceptors (Lipinski definition) is 6. The van der Waals surface area contributed by atoms with Gasteiger partial charge in [0.25, 0.3) is 11.8 Å². The van der Waals surface area contributed by atoms with Crippen LogP contribution in [0.3, 0.4) is 0 Å². The Bertz CT molecular complexity index is 871. The van der Waals surface area contributed by atoms with Gasteiger partial charge in [-0.2, -0.15) is 0 Å². The van der Waals surface area contributed by atoms with Gasteiger partial charge in [-0.15, -0.1) is 11.8 Å². The maximum atomic E-state index is 13.3. The second-order valence-electron chi connectivity index (χ2n) is 5.91. The van der Waals surface area contributed by atoms with Crippen molar-refractivity contribution in [2.24, 2.45) is 0 Å². The van der Waals surface area contributed by atoms with Crippen molar-refractivity contribution in [2.75, 3.05) is 12.4 Å². The van der Waals surface area contributed by atoms with Crippen LogP contribution in [0.1, 0.15) is 17.3 Å². The Hall–Kier alpha value is -2.88. The van der Waals surface area contributed by atoms with E-state index in [1.165, 1.54) is 36.9 Å². The van der Waals surface area contributed by atoms with E-state index in [2.05, 4.69) is 5.32 Å². The molecule has 2 aliphatic rings. The van der Waals surface area contributed by atoms with Crippen molar-refractivity contribution in [3.63, 3.8) is 0 Å². The van der Waals surface area contributed by atoms with Gasteiger partial charge in [-0.05, 0) is 18.2 Å². The highest BCUT2D eigenvalue weighted by atomic mass is 32.2. The van der Waals surface area contributed by atoms with E-state index >= 15 is 0 Å². The van der Waals surface area contributed by atoms with E-state index in [0.29, 0.717) is 5.57 Å². The van der Waals surface area contributed by atoms with Crippen molar-refractivity contribution < 1.29 is 33.4 Å². The van der Waals surface area contributed by atoms with Crippen LogP contribution in [0.2, 0.25) is 0 Å². The van der Waals surface area contributed by atoms with Crippen LogP contribution in [0, 0.1) is 5.82 Å². The van der Waals surface area contributed by atoms with Crippen LogP contribution < -0.4 is 5.32 Å². The van der Waals surface area contributed by atoms with Crippen LogP contribution in [0.25, 0.3) is 0 Å². The Morgan fingerprint density at radius 3 is 2.78 bits per heavy atom. The van der Waals surface area contributed by atoms with E-state index in [1.54, 1.807) is 0 Å². The van der Waals surface area contributed by atoms with Crippen LogP contribution in [0.5, 0.6) is 0 Å². The molecule has 2 amide bonds. The van der Waals surface area contributed by atoms with Gasteiger partial charge in [0.15, 0.2) is 0 Å². The predicted molar refractivity (Wildman–Crippen MR) is 92.0 cm³/mol. The molecule has 0 bridgehead atoms. The number of carboxylic acid groups (broad SMARTS) is 1. The molecule has 1 aromatic carbocycles. The third-order valence-electron chi connectivity index (χ3n) is 4.07. The number of carbonyl (C=O) groups excluding carboxylic acids is 3. The zero-order valence-electron chi connectivity index (χ0n) is 14.1. The molecule has 0 aromatic heterocycles. The van der Waals surface area contributed by atoms with Crippen molar-refractivity contribution in [1.29, 1.82) is 0 Å². The van der Waals surface area contributed by atoms with Crippen LogP contribution in [0.4, 0.5) is 4.39 Å². The minimum absolute atomic E-state index is 0.0617. The monoisotopic (exact) mass is 394 g/mol. The zero-order chi connectivity index (χ0) is 19.7. The lowest BCUT2D eigenvalue weighted by molar-refractivity contribution is -0.149. The molecule has 142 valence electrons. The second-order valence-corrected chi connectivity index (χ2v) is 7.01. The fourth-order valence-corrected chi connectivity index (χ4v) is 4.16. The molecule has 1 aromatic rings. The first-order valence-corrected chi connectivity index (χ1v) is 8.94. The fraction of sp³-hybridized carbons (Fsp3) is 0.294. The third-order valence-corrected chi connectivity index (χ3v) is 5.41. The lowest BCUT2D eigenvalue weighted by Gasteiger charge is -2.49. The Morgan fingerprint density at radius 1 is 1.41 bits per heavy atom. The quantitative estimate of drug-likeness (QED) is 0.559. The van der Waals surface area contributed by atoms with Gasteiger partial charge in [0, 0.05) is 23.8 Å². The van der Waals surface area contributed by atoms with Crippen molar-refractivity contribution in [3.05, 3.63) is 46.9 Å². The summed E-state index contributed by atoms with van der Waals surface area (Å²) in [5, 5.41) is 11.4. The molecule has 2 N–H and O–H groups in total. The molecule has 2 aliphatic heterocycles. The lowest BCUT2D eigenvalue weighted by atomic mass is 10.0. The van der Waals surface area contributed by atoms with E-state index in [-0.39, 0.29) is 23.6 Å². The molecule has 0 aliphatic carbocycles. The normalized spacial score (nSPS) is 21.3. The molecule has 10 heteroatoms. The Kier molecular flexibility index (Phi) is 5.17. The number of nitrogens with one attached hydrogen (secondary N) is 1. The Labute approximate surface area is 157 Å². The largest absolute Gasteiger partial charge is 0.477 e. The summed E-state index contributed by atoms with van der Waals surface area (Å²) in [6.07, 6.45) is 0. The van der Waals surface area contributed by atoms with E-state index in [9.17, 15) is 28.7 Å². The number of nitrogens with zero attached hydrogens (tertiary/aromatic N) is 1. The summed E-state index contributed by atoms with van der Waals surface area (Å²) in [5.41, 5.74) is 0.134. The summed E-state index contributed by atoms with van der Waals surface area (Å²) in [6, 6.07) is 4.10. The minimum atomic E-state index is -1.31. The summed E-state index contributed by atoms with van der Waals surface area (Å²) in [5.74, 6) is -3.44. The van der Waals surface area contributed by atoms with E-state index in [1.807, 2.05) is 0 Å². The Balaban J connectivity index is 1.76. The molecule has 0 unspecified atom stereocenters. The van der Waals surface area contributed by atoms with Gasteiger partial charge >= 0.3 is 11.9 Å². The number of fused-ring (bicyclic) bond motifs is 1. The number of halogens is 1. The molecule has 2 atom stereocenters. The number of rotatable bonds is 5. The van der Waals surface area contributed by atoms with Crippen LogP contribution in [-0.2, 0) is 19.1 Å². The molecule has 0 saturated carbocycles. The molecule has 1 fully saturated rings. The molecule has 1 saturated heterocycles. The number of carboxylic acids is 1. The maximum absolute atomic E-state index is 13.3. The first-order chi connectivity index (χ1) is 12.8. The number of esters is 1.